The lowest BCUT2D eigenvalue weighted by molar-refractivity contribution is -0.398. The van der Waals surface area contributed by atoms with Gasteiger partial charge in [-0.15, -0.1) is 9.97 Å². The Balaban J connectivity index is 1.81. The molecule has 10 nitrogen and oxygen atoms in total. The average molecular weight is 1290 g/mol. The topological polar surface area (TPSA) is 114 Å². The maximum atomic E-state index is 14.7. The van der Waals surface area contributed by atoms with Crippen molar-refractivity contribution in [3.8, 4) is 24.0 Å². The second kappa shape index (κ2) is 19.9. The normalized spacial score (nSPS) is 21.5. The van der Waals surface area contributed by atoms with Crippen LogP contribution < -0.4 is 18.9 Å². The number of hydrogen-bond acceptors (Lipinski definition) is 10. The van der Waals surface area contributed by atoms with Crippen LogP contribution in [0.1, 0.15) is 43.8 Å². The van der Waals surface area contributed by atoms with Crippen LogP contribution in [0.3, 0.4) is 0 Å². The van der Waals surface area contributed by atoms with Gasteiger partial charge in [-0.1, -0.05) is 0 Å². The Kier molecular flexibility index (Phi) is 16.4. The fourth-order valence-electron chi connectivity index (χ4n) is 8.68. The van der Waals surface area contributed by atoms with Crippen molar-refractivity contribution in [2.75, 3.05) is 26.4 Å². The Bertz CT molecular complexity index is 2300. The van der Waals surface area contributed by atoms with E-state index in [9.17, 15) is 158 Å². The predicted molar refractivity (Wildman–Crippen MR) is 183 cm³/mol. The summed E-state index contributed by atoms with van der Waals surface area (Å²) >= 11 is 0. The van der Waals surface area contributed by atoms with Crippen LogP contribution >= 0.6 is 0 Å². The van der Waals surface area contributed by atoms with E-state index in [1.54, 1.807) is 0 Å². The first-order valence-electron chi connectivity index (χ1n) is 21.0. The molecule has 0 aromatic carbocycles. The lowest BCUT2D eigenvalue weighted by atomic mass is 9.44. The third kappa shape index (κ3) is 10.7. The van der Waals surface area contributed by atoms with Crippen molar-refractivity contribution >= 4 is 0 Å². The molecule has 4 saturated carbocycles. The minimum atomic E-state index is -7.79. The van der Waals surface area contributed by atoms with Gasteiger partial charge in [0.1, 0.15) is 0 Å². The largest absolute Gasteiger partial charge is 0.460 e. The molecule has 4 bridgehead atoms. The number of alkyl halides is 36. The molecule has 0 amide bonds. The van der Waals surface area contributed by atoms with Crippen molar-refractivity contribution in [2.45, 2.75) is 133 Å². The van der Waals surface area contributed by atoms with Gasteiger partial charge >= 0.3 is 120 Å². The number of nitrogens with zero attached hydrogens (tertiary/aromatic N) is 6. The molecule has 0 spiro atoms. The van der Waals surface area contributed by atoms with Gasteiger partial charge in [-0.3, -0.25) is 0 Å². The molecule has 0 unspecified atom stereocenters. The van der Waals surface area contributed by atoms with Crippen molar-refractivity contribution in [3.63, 3.8) is 0 Å². The fourth-order valence-corrected chi connectivity index (χ4v) is 8.68. The zero-order valence-electron chi connectivity index (χ0n) is 38.1. The van der Waals surface area contributed by atoms with E-state index < -0.39 is 213 Å². The SMILES string of the molecule is FC(F)(F)C(F)(F)C(F)(F)C(F)(F)COc1nc(OCC(F)(F)C(F)(F)C(F)(F)C(F)(F)F)nc(C2(c3nc(OCC(F)(F)C(F)(F)C(F)(F)C(F)(F)F)nc(OCC(F)(F)C(F)(F)C(F)(F)C(F)(F)F)n3)C3CC4CC(C3)CC2C4)n1. The number of ether oxygens (including phenoxy) is 4. The smallest absolute Gasteiger partial charge is 0.457 e. The van der Waals surface area contributed by atoms with Gasteiger partial charge < -0.3 is 18.9 Å². The van der Waals surface area contributed by atoms with Gasteiger partial charge in [0.2, 0.25) is 0 Å². The second-order valence-electron chi connectivity index (χ2n) is 18.2. The summed E-state index contributed by atoms with van der Waals surface area (Å²) in [6.45, 7) is -14.7. The van der Waals surface area contributed by atoms with Gasteiger partial charge in [0.25, 0.3) is 0 Å². The standard InChI is InChI=1S/C36H22F36N6O4/c37-20(38,25(45,46)29(53,54)33(61,62)63)6-79-16-73-14(74-17(77-16)80-7-21(39,40)26(47,48)30(55,56)34(64,65)66)24(12-2-10-1-11(4-12)5-13(24)3-10)15-75-18(81-8-22(41,42)27(49,50)31(57,58)35(67,68)69)78-19(76-15)82-9-23(43,44)28(51,52)32(59,60)36(70,71)72/h10-13H,1-9H2. The fraction of sp³-hybridized carbons (Fsp3) is 0.833. The Morgan fingerprint density at radius 2 is 0.451 bits per heavy atom. The summed E-state index contributed by atoms with van der Waals surface area (Å²) in [5, 5.41) is 0. The number of aromatic nitrogens is 6. The summed E-state index contributed by atoms with van der Waals surface area (Å²) in [5.74, 6) is -98.8. The zero-order chi connectivity index (χ0) is 63.7. The third-order valence-corrected chi connectivity index (χ3v) is 12.7. The highest BCUT2D eigenvalue weighted by Crippen LogP contribution is 2.65. The number of rotatable bonds is 22. The van der Waals surface area contributed by atoms with E-state index in [1.165, 1.54) is 0 Å². The van der Waals surface area contributed by atoms with Gasteiger partial charge in [0, 0.05) is 0 Å². The van der Waals surface area contributed by atoms with Crippen LogP contribution in [-0.4, -0.2) is 152 Å². The minimum absolute atomic E-state index is 0.0817. The van der Waals surface area contributed by atoms with Crippen LogP contribution in [0.15, 0.2) is 0 Å². The van der Waals surface area contributed by atoms with Crippen LogP contribution in [-0.2, 0) is 5.41 Å². The monoisotopic (exact) mass is 1290 g/mol. The van der Waals surface area contributed by atoms with Gasteiger partial charge in [0.15, 0.2) is 38.1 Å². The molecule has 2 aromatic rings. The molecule has 4 aliphatic carbocycles. The lowest BCUT2D eigenvalue weighted by Gasteiger charge is -2.59. The Hall–Kier alpha value is -5.30. The maximum absolute atomic E-state index is 14.7. The van der Waals surface area contributed by atoms with E-state index >= 15 is 0 Å². The summed E-state index contributed by atoms with van der Waals surface area (Å²) in [5.41, 5.74) is -3.26. The minimum Gasteiger partial charge on any atom is -0.457 e. The summed E-state index contributed by atoms with van der Waals surface area (Å²) < 4.78 is 512. The van der Waals surface area contributed by atoms with Crippen LogP contribution in [0.2, 0.25) is 0 Å². The first-order valence-corrected chi connectivity index (χ1v) is 21.0. The summed E-state index contributed by atoms with van der Waals surface area (Å²) in [6.07, 6.45) is -32.8. The summed E-state index contributed by atoms with van der Waals surface area (Å²) in [6, 6.07) is -10.1. The molecule has 0 saturated heterocycles. The van der Waals surface area contributed by atoms with Crippen molar-refractivity contribution < 1.29 is 177 Å². The van der Waals surface area contributed by atoms with Crippen LogP contribution in [0, 0.1) is 23.7 Å². The van der Waals surface area contributed by atoms with E-state index in [0.29, 0.717) is 0 Å². The van der Waals surface area contributed by atoms with E-state index in [1.807, 2.05) is 0 Å². The van der Waals surface area contributed by atoms with Crippen LogP contribution in [0.25, 0.3) is 0 Å². The molecular weight excluding hydrogens is 1260 g/mol. The van der Waals surface area contributed by atoms with Gasteiger partial charge in [-0.2, -0.15) is 178 Å². The highest BCUT2D eigenvalue weighted by Gasteiger charge is 2.85. The summed E-state index contributed by atoms with van der Waals surface area (Å²) in [7, 11) is 0. The Morgan fingerprint density at radius 1 is 0.268 bits per heavy atom. The molecule has 0 aliphatic heterocycles. The van der Waals surface area contributed by atoms with Gasteiger partial charge in [0.05, 0.1) is 5.41 Å². The maximum Gasteiger partial charge on any atom is 0.460 e. The van der Waals surface area contributed by atoms with Gasteiger partial charge in [-0.05, 0) is 55.8 Å². The highest BCUT2D eigenvalue weighted by atomic mass is 19.5. The van der Waals surface area contributed by atoms with E-state index in [0.717, 1.165) is 0 Å². The average Bonchev–Trinajstić information content (AvgIpc) is 3.29. The van der Waals surface area contributed by atoms with Crippen molar-refractivity contribution in [1.29, 1.82) is 0 Å². The molecule has 472 valence electrons. The number of halogens is 36. The number of hydrogen-bond donors (Lipinski definition) is 0. The molecule has 2 heterocycles. The highest BCUT2D eigenvalue weighted by molar-refractivity contribution is 5.34. The van der Waals surface area contributed by atoms with Crippen molar-refractivity contribution in [2.24, 2.45) is 23.7 Å². The molecule has 4 aliphatic rings. The summed E-state index contributed by atoms with van der Waals surface area (Å²) in [4.78, 5) is 17.9. The third-order valence-electron chi connectivity index (χ3n) is 12.7. The molecule has 4 fully saturated rings. The zero-order valence-corrected chi connectivity index (χ0v) is 38.1. The van der Waals surface area contributed by atoms with Crippen LogP contribution in [0.5, 0.6) is 24.0 Å². The van der Waals surface area contributed by atoms with Gasteiger partial charge in [-0.25, -0.2) is 0 Å². The molecule has 82 heavy (non-hydrogen) atoms. The molecule has 46 heteroatoms. The van der Waals surface area contributed by atoms with E-state index in [2.05, 4.69) is 48.9 Å². The molecule has 0 radical (unpaired) electrons. The molecule has 0 N–H and O–H groups in total. The Labute approximate surface area is 426 Å². The lowest BCUT2D eigenvalue weighted by Crippen LogP contribution is -2.62. The van der Waals surface area contributed by atoms with E-state index in [4.69, 9.17) is 0 Å². The van der Waals surface area contributed by atoms with Crippen molar-refractivity contribution in [3.05, 3.63) is 11.6 Å². The Morgan fingerprint density at radius 3 is 0.622 bits per heavy atom. The van der Waals surface area contributed by atoms with Crippen molar-refractivity contribution in [1.82, 2.24) is 29.9 Å². The molecule has 0 atom stereocenters. The van der Waals surface area contributed by atoms with E-state index in [-0.39, 0.29) is 6.42 Å². The van der Waals surface area contributed by atoms with Crippen LogP contribution in [0.4, 0.5) is 158 Å². The predicted octanol–water partition coefficient (Wildman–Crippen LogP) is 13.2. The first kappa shape index (κ1) is 67.5. The second-order valence-corrected chi connectivity index (χ2v) is 18.2. The molecule has 2 aromatic heterocycles. The quantitative estimate of drug-likeness (QED) is 0.106. The first-order chi connectivity index (χ1) is 36.2. The molecule has 6 rings (SSSR count). The molecular formula is C36H22F36N6O4.